The second-order valence-corrected chi connectivity index (χ2v) is 11.4. The smallest absolute Gasteiger partial charge is 0.265 e. The van der Waals surface area contributed by atoms with Gasteiger partial charge in [0, 0.05) is 34.5 Å². The van der Waals surface area contributed by atoms with Gasteiger partial charge < -0.3 is 10.6 Å². The molecule has 4 rings (SSSR count). The maximum absolute atomic E-state index is 13.0. The summed E-state index contributed by atoms with van der Waals surface area (Å²) in [6.45, 7) is 1.43. The summed E-state index contributed by atoms with van der Waals surface area (Å²) in [7, 11) is -2.23. The Morgan fingerprint density at radius 3 is 2.12 bits per heavy atom. The maximum Gasteiger partial charge on any atom is 0.265 e. The van der Waals surface area contributed by atoms with Gasteiger partial charge in [-0.2, -0.15) is 0 Å². The summed E-state index contributed by atoms with van der Waals surface area (Å²) in [5.74, 6) is -0.442. The van der Waals surface area contributed by atoms with E-state index in [1.165, 1.54) is 29.6 Å². The maximum atomic E-state index is 13.0. The van der Waals surface area contributed by atoms with Crippen molar-refractivity contribution in [3.05, 3.63) is 82.1 Å². The van der Waals surface area contributed by atoms with Crippen molar-refractivity contribution < 1.29 is 18.0 Å². The van der Waals surface area contributed by atoms with Crippen molar-refractivity contribution in [3.63, 3.8) is 0 Å². The van der Waals surface area contributed by atoms with Gasteiger partial charge in [0.25, 0.3) is 15.9 Å². The Morgan fingerprint density at radius 1 is 0.882 bits per heavy atom. The minimum Gasteiger partial charge on any atom is -0.326 e. The molecule has 0 atom stereocenters. The molecule has 3 aromatic carbocycles. The lowest BCUT2D eigenvalue weighted by molar-refractivity contribution is -0.114. The second kappa shape index (κ2) is 9.57. The summed E-state index contributed by atoms with van der Waals surface area (Å²) in [6.07, 6.45) is 0. The first kappa shape index (κ1) is 23.9. The van der Waals surface area contributed by atoms with Crippen LogP contribution in [-0.4, -0.2) is 27.3 Å². The number of benzene rings is 3. The van der Waals surface area contributed by atoms with E-state index in [0.29, 0.717) is 21.9 Å². The van der Waals surface area contributed by atoms with E-state index in [2.05, 4.69) is 26.6 Å². The van der Waals surface area contributed by atoms with E-state index in [4.69, 9.17) is 0 Å². The highest BCUT2D eigenvalue weighted by atomic mass is 79.9. The molecule has 2 amide bonds. The molecule has 0 fully saturated rings. The monoisotopic (exact) mass is 557 g/mol. The molecule has 2 N–H and O–H groups in total. The van der Waals surface area contributed by atoms with Gasteiger partial charge in [0.2, 0.25) is 5.91 Å². The lowest BCUT2D eigenvalue weighted by Crippen LogP contribution is -2.26. The Hall–Kier alpha value is -3.21. The van der Waals surface area contributed by atoms with Gasteiger partial charge >= 0.3 is 0 Å². The van der Waals surface area contributed by atoms with E-state index < -0.39 is 10.0 Å². The van der Waals surface area contributed by atoms with Gasteiger partial charge in [-0.1, -0.05) is 15.9 Å². The summed E-state index contributed by atoms with van der Waals surface area (Å²) < 4.78 is 28.9. The van der Waals surface area contributed by atoms with Gasteiger partial charge in [0.05, 0.1) is 15.5 Å². The van der Waals surface area contributed by atoms with Crippen LogP contribution >= 0.6 is 27.3 Å². The highest BCUT2D eigenvalue weighted by Crippen LogP contribution is 2.32. The first-order valence-corrected chi connectivity index (χ1v) is 13.2. The topological polar surface area (TPSA) is 95.6 Å². The minimum atomic E-state index is -3.73. The zero-order chi connectivity index (χ0) is 24.5. The van der Waals surface area contributed by atoms with Gasteiger partial charge in [-0.05, 0) is 78.2 Å². The highest BCUT2D eigenvalue weighted by Gasteiger charge is 2.22. The van der Waals surface area contributed by atoms with Crippen LogP contribution in [0, 0.1) is 0 Å². The van der Waals surface area contributed by atoms with Crippen LogP contribution in [0.4, 0.5) is 17.1 Å². The molecule has 0 spiro atoms. The molecule has 10 heteroatoms. The molecule has 0 aliphatic carbocycles. The molecular formula is C24H20BrN3O4S2. The van der Waals surface area contributed by atoms with Gasteiger partial charge in [0.15, 0.2) is 0 Å². The molecule has 174 valence electrons. The average Bonchev–Trinajstić information content (AvgIpc) is 3.23. The fourth-order valence-electron chi connectivity index (χ4n) is 3.27. The average molecular weight is 558 g/mol. The van der Waals surface area contributed by atoms with Crippen LogP contribution in [0.2, 0.25) is 0 Å². The van der Waals surface area contributed by atoms with E-state index in [-0.39, 0.29) is 16.7 Å². The lowest BCUT2D eigenvalue weighted by Gasteiger charge is -2.19. The third kappa shape index (κ3) is 5.14. The number of thiophene rings is 1. The summed E-state index contributed by atoms with van der Waals surface area (Å²) in [6, 6.07) is 20.3. The largest absolute Gasteiger partial charge is 0.326 e. The first-order valence-electron chi connectivity index (χ1n) is 10.1. The Morgan fingerprint density at radius 2 is 1.50 bits per heavy atom. The van der Waals surface area contributed by atoms with Gasteiger partial charge in [-0.15, -0.1) is 11.3 Å². The number of amides is 2. The predicted molar refractivity (Wildman–Crippen MR) is 140 cm³/mol. The molecular weight excluding hydrogens is 538 g/mol. The zero-order valence-corrected chi connectivity index (χ0v) is 21.4. The molecule has 7 nitrogen and oxygen atoms in total. The Kier molecular flexibility index (Phi) is 6.74. The SMILES string of the molecule is CC(=O)Nc1ccc(NC(=O)c2cc3cc(N(C)S(=O)(=O)c4ccc(Br)cc4)ccc3s2)cc1. The van der Waals surface area contributed by atoms with E-state index in [9.17, 15) is 18.0 Å². The number of halogens is 1. The predicted octanol–water partition coefficient (Wildman–Crippen LogP) is 5.70. The molecule has 0 aliphatic heterocycles. The number of carbonyl (C=O) groups excluding carboxylic acids is 2. The van der Waals surface area contributed by atoms with Crippen molar-refractivity contribution in [3.8, 4) is 0 Å². The van der Waals surface area contributed by atoms with Gasteiger partial charge in [-0.3, -0.25) is 13.9 Å². The van der Waals surface area contributed by atoms with Gasteiger partial charge in [-0.25, -0.2) is 8.42 Å². The highest BCUT2D eigenvalue weighted by molar-refractivity contribution is 9.10. The number of carbonyl (C=O) groups is 2. The molecule has 0 aliphatic rings. The Labute approximate surface area is 209 Å². The Balaban J connectivity index is 1.54. The van der Waals surface area contributed by atoms with Crippen LogP contribution in [0.15, 0.2) is 82.2 Å². The van der Waals surface area contributed by atoms with E-state index in [0.717, 1.165) is 14.6 Å². The third-order valence-corrected chi connectivity index (χ3v) is 8.47. The second-order valence-electron chi connectivity index (χ2n) is 7.47. The molecule has 0 unspecified atom stereocenters. The van der Waals surface area contributed by atoms with Crippen LogP contribution in [0.1, 0.15) is 16.6 Å². The standard InChI is InChI=1S/C24H20BrN3O4S2/c1-15(29)26-18-5-7-19(8-6-18)27-24(30)23-14-16-13-20(9-12-22(16)33-23)28(2)34(31,32)21-10-3-17(25)4-11-21/h3-14H,1-2H3,(H,26,29)(H,27,30). The van der Waals surface area contributed by atoms with Crippen molar-refractivity contribution in [1.82, 2.24) is 0 Å². The minimum absolute atomic E-state index is 0.170. The summed E-state index contributed by atoms with van der Waals surface area (Å²) >= 11 is 4.63. The van der Waals surface area contributed by atoms with Crippen molar-refractivity contribution in [1.29, 1.82) is 0 Å². The molecule has 0 saturated heterocycles. The molecule has 0 bridgehead atoms. The fourth-order valence-corrected chi connectivity index (χ4v) is 5.66. The van der Waals surface area contributed by atoms with Crippen LogP contribution in [0.5, 0.6) is 0 Å². The normalized spacial score (nSPS) is 11.3. The van der Waals surface area contributed by atoms with Crippen molar-refractivity contribution in [2.45, 2.75) is 11.8 Å². The molecule has 34 heavy (non-hydrogen) atoms. The number of fused-ring (bicyclic) bond motifs is 1. The number of sulfonamides is 1. The number of hydrogen-bond donors (Lipinski definition) is 2. The number of nitrogens with one attached hydrogen (secondary N) is 2. The van der Waals surface area contributed by atoms with Crippen molar-refractivity contribution in [2.24, 2.45) is 0 Å². The van der Waals surface area contributed by atoms with E-state index in [1.54, 1.807) is 66.7 Å². The van der Waals surface area contributed by atoms with E-state index >= 15 is 0 Å². The summed E-state index contributed by atoms with van der Waals surface area (Å²) in [5, 5.41) is 6.28. The Bertz CT molecular complexity index is 1480. The van der Waals surface area contributed by atoms with Crippen molar-refractivity contribution in [2.75, 3.05) is 22.0 Å². The lowest BCUT2D eigenvalue weighted by atomic mass is 10.2. The van der Waals surface area contributed by atoms with Crippen LogP contribution in [0.3, 0.4) is 0 Å². The first-order chi connectivity index (χ1) is 16.1. The number of nitrogens with zero attached hydrogens (tertiary/aromatic N) is 1. The molecule has 0 saturated carbocycles. The van der Waals surface area contributed by atoms with Crippen LogP contribution < -0.4 is 14.9 Å². The fraction of sp³-hybridized carbons (Fsp3) is 0.0833. The summed E-state index contributed by atoms with van der Waals surface area (Å²) in [5.41, 5.74) is 1.73. The molecule has 4 aromatic rings. The number of rotatable bonds is 6. The van der Waals surface area contributed by atoms with Gasteiger partial charge in [0.1, 0.15) is 0 Å². The van der Waals surface area contributed by atoms with Crippen molar-refractivity contribution >= 4 is 76.3 Å². The molecule has 1 aromatic heterocycles. The zero-order valence-electron chi connectivity index (χ0n) is 18.2. The molecule has 1 heterocycles. The van der Waals surface area contributed by atoms with Crippen LogP contribution in [-0.2, 0) is 14.8 Å². The number of hydrogen-bond acceptors (Lipinski definition) is 5. The summed E-state index contributed by atoms with van der Waals surface area (Å²) in [4.78, 5) is 24.6. The third-order valence-electron chi connectivity index (χ3n) is 5.02. The van der Waals surface area contributed by atoms with E-state index in [1.807, 2.05) is 6.07 Å². The quantitative estimate of drug-likeness (QED) is 0.318. The van der Waals surface area contributed by atoms with Crippen LogP contribution in [0.25, 0.3) is 10.1 Å². The molecule has 0 radical (unpaired) electrons. The number of anilines is 3.